The molecule has 0 aromatic rings. The van der Waals surface area contributed by atoms with Gasteiger partial charge in [0.1, 0.15) is 6.61 Å². The smallest absolute Gasteiger partial charge is 0.302 e. The minimum atomic E-state index is -0.198. The normalized spacial score (nSPS) is 14.3. The largest absolute Gasteiger partial charge is 0.465 e. The van der Waals surface area contributed by atoms with E-state index in [1.165, 1.54) is 6.92 Å². The van der Waals surface area contributed by atoms with Crippen LogP contribution in [0.25, 0.3) is 0 Å². The summed E-state index contributed by atoms with van der Waals surface area (Å²) in [6.07, 6.45) is 0. The average Bonchev–Trinajstić information content (AvgIpc) is 1.80. The van der Waals surface area contributed by atoms with Gasteiger partial charge >= 0.3 is 5.97 Å². The summed E-state index contributed by atoms with van der Waals surface area (Å²) in [5.41, 5.74) is 0.204. The summed E-state index contributed by atoms with van der Waals surface area (Å²) in [5, 5.41) is 0. The van der Waals surface area contributed by atoms with Crippen molar-refractivity contribution in [3.63, 3.8) is 0 Å². The number of alkyl halides is 1. The molecule has 0 fully saturated rings. The zero-order valence-electron chi connectivity index (χ0n) is 7.48. The lowest BCUT2D eigenvalue weighted by Gasteiger charge is -2.24. The van der Waals surface area contributed by atoms with Gasteiger partial charge in [-0.3, -0.25) is 4.79 Å². The van der Waals surface area contributed by atoms with Crippen molar-refractivity contribution < 1.29 is 9.53 Å². The monoisotopic (exact) mass is 270 g/mol. The number of carbonyl (C=O) groups excluding carboxylic acids is 1. The molecule has 0 saturated carbocycles. The number of ether oxygens (including phenoxy) is 1. The zero-order valence-corrected chi connectivity index (χ0v) is 9.64. The molecule has 11 heavy (non-hydrogen) atoms. The molecule has 1 atom stereocenters. The Hall–Kier alpha value is 0.200. The first-order valence-corrected chi connectivity index (χ1v) is 4.86. The SMILES string of the molecule is CC(=O)OCC(I)C(C)(C)C. The van der Waals surface area contributed by atoms with Crippen LogP contribution in [0.2, 0.25) is 0 Å². The van der Waals surface area contributed by atoms with Crippen LogP contribution >= 0.6 is 22.6 Å². The van der Waals surface area contributed by atoms with Crippen LogP contribution in [0.15, 0.2) is 0 Å². The molecule has 1 unspecified atom stereocenters. The van der Waals surface area contributed by atoms with Gasteiger partial charge in [0.15, 0.2) is 0 Å². The van der Waals surface area contributed by atoms with Gasteiger partial charge in [0.25, 0.3) is 0 Å². The molecule has 0 spiro atoms. The Labute approximate surface area is 81.8 Å². The van der Waals surface area contributed by atoms with E-state index in [4.69, 9.17) is 4.74 Å². The highest BCUT2D eigenvalue weighted by molar-refractivity contribution is 14.1. The van der Waals surface area contributed by atoms with Crippen LogP contribution in [0.5, 0.6) is 0 Å². The average molecular weight is 270 g/mol. The van der Waals surface area contributed by atoms with Crippen molar-refractivity contribution in [1.82, 2.24) is 0 Å². The first kappa shape index (κ1) is 11.2. The van der Waals surface area contributed by atoms with Gasteiger partial charge in [-0.15, -0.1) is 0 Å². The minimum absolute atomic E-state index is 0.198. The Bertz CT molecular complexity index is 138. The van der Waals surface area contributed by atoms with Crippen molar-refractivity contribution in [1.29, 1.82) is 0 Å². The van der Waals surface area contributed by atoms with E-state index in [0.29, 0.717) is 10.5 Å². The van der Waals surface area contributed by atoms with E-state index >= 15 is 0 Å². The van der Waals surface area contributed by atoms with Crippen LogP contribution in [0.1, 0.15) is 27.7 Å². The highest BCUT2D eigenvalue weighted by Crippen LogP contribution is 2.26. The summed E-state index contributed by atoms with van der Waals surface area (Å²) < 4.78 is 5.26. The highest BCUT2D eigenvalue weighted by Gasteiger charge is 2.22. The Morgan fingerprint density at radius 3 is 2.27 bits per heavy atom. The van der Waals surface area contributed by atoms with Gasteiger partial charge < -0.3 is 4.74 Å². The summed E-state index contributed by atoms with van der Waals surface area (Å²) in [6, 6.07) is 0. The standard InChI is InChI=1S/C8H15IO2/c1-6(10)11-5-7(9)8(2,3)4/h7H,5H2,1-4H3. The van der Waals surface area contributed by atoms with Gasteiger partial charge in [-0.25, -0.2) is 0 Å². The molecule has 0 aliphatic carbocycles. The summed E-state index contributed by atoms with van der Waals surface area (Å²) in [5.74, 6) is -0.198. The molecule has 0 N–H and O–H groups in total. The van der Waals surface area contributed by atoms with Crippen LogP contribution in [0.3, 0.4) is 0 Å². The second kappa shape index (κ2) is 4.28. The van der Waals surface area contributed by atoms with Crippen molar-refractivity contribution in [3.8, 4) is 0 Å². The fourth-order valence-electron chi connectivity index (χ4n) is 0.441. The molecule has 0 radical (unpaired) electrons. The molecule has 0 saturated heterocycles. The topological polar surface area (TPSA) is 26.3 Å². The van der Waals surface area contributed by atoms with Crippen LogP contribution < -0.4 is 0 Å². The van der Waals surface area contributed by atoms with E-state index in [1.807, 2.05) is 0 Å². The predicted octanol–water partition coefficient (Wildman–Crippen LogP) is 2.40. The van der Waals surface area contributed by atoms with Crippen molar-refractivity contribution in [2.24, 2.45) is 5.41 Å². The molecule has 0 rings (SSSR count). The Morgan fingerprint density at radius 2 is 2.00 bits per heavy atom. The van der Waals surface area contributed by atoms with E-state index in [2.05, 4.69) is 43.4 Å². The molecule has 0 aliphatic rings. The molecule has 0 aromatic heterocycles. The lowest BCUT2D eigenvalue weighted by molar-refractivity contribution is -0.141. The van der Waals surface area contributed by atoms with Crippen molar-refractivity contribution in [2.75, 3.05) is 6.61 Å². The van der Waals surface area contributed by atoms with Gasteiger partial charge in [-0.1, -0.05) is 43.4 Å². The van der Waals surface area contributed by atoms with Gasteiger partial charge in [0.05, 0.1) is 3.92 Å². The van der Waals surface area contributed by atoms with Gasteiger partial charge in [0, 0.05) is 6.92 Å². The highest BCUT2D eigenvalue weighted by atomic mass is 127. The number of esters is 1. The van der Waals surface area contributed by atoms with E-state index < -0.39 is 0 Å². The van der Waals surface area contributed by atoms with Gasteiger partial charge in [0.2, 0.25) is 0 Å². The molecular weight excluding hydrogens is 255 g/mol. The summed E-state index contributed by atoms with van der Waals surface area (Å²) >= 11 is 2.30. The quantitative estimate of drug-likeness (QED) is 0.437. The maximum absolute atomic E-state index is 10.4. The first-order chi connectivity index (χ1) is 4.84. The van der Waals surface area contributed by atoms with E-state index in [-0.39, 0.29) is 11.4 Å². The number of halogens is 1. The molecular formula is C8H15IO2. The van der Waals surface area contributed by atoms with E-state index in [1.54, 1.807) is 0 Å². The first-order valence-electron chi connectivity index (χ1n) is 3.61. The second-order valence-electron chi connectivity index (χ2n) is 3.64. The van der Waals surface area contributed by atoms with Crippen molar-refractivity contribution in [2.45, 2.75) is 31.6 Å². The number of rotatable bonds is 2. The predicted molar refractivity (Wildman–Crippen MR) is 53.9 cm³/mol. The van der Waals surface area contributed by atoms with Crippen LogP contribution in [-0.4, -0.2) is 16.5 Å². The molecule has 2 nitrogen and oxygen atoms in total. The fraction of sp³-hybridized carbons (Fsp3) is 0.875. The molecule has 3 heteroatoms. The molecule has 66 valence electrons. The van der Waals surface area contributed by atoms with Crippen LogP contribution in [0, 0.1) is 5.41 Å². The van der Waals surface area contributed by atoms with Gasteiger partial charge in [-0.2, -0.15) is 0 Å². The molecule has 0 amide bonds. The van der Waals surface area contributed by atoms with E-state index in [9.17, 15) is 4.79 Å². The van der Waals surface area contributed by atoms with Crippen LogP contribution in [-0.2, 0) is 9.53 Å². The third-order valence-electron chi connectivity index (χ3n) is 1.37. The molecule has 0 heterocycles. The van der Waals surface area contributed by atoms with Crippen molar-refractivity contribution >= 4 is 28.6 Å². The molecule has 0 bridgehead atoms. The lowest BCUT2D eigenvalue weighted by atomic mass is 9.93. The third-order valence-corrected chi connectivity index (χ3v) is 3.60. The fourth-order valence-corrected chi connectivity index (χ4v) is 0.620. The maximum Gasteiger partial charge on any atom is 0.302 e. The second-order valence-corrected chi connectivity index (χ2v) is 5.14. The third kappa shape index (κ3) is 5.47. The van der Waals surface area contributed by atoms with Crippen molar-refractivity contribution in [3.05, 3.63) is 0 Å². The Kier molecular flexibility index (Phi) is 4.36. The van der Waals surface area contributed by atoms with E-state index in [0.717, 1.165) is 0 Å². The molecule has 0 aliphatic heterocycles. The number of hydrogen-bond donors (Lipinski definition) is 0. The summed E-state index contributed by atoms with van der Waals surface area (Å²) in [7, 11) is 0. The zero-order chi connectivity index (χ0) is 9.07. The maximum atomic E-state index is 10.4. The Morgan fingerprint density at radius 1 is 1.55 bits per heavy atom. The lowest BCUT2D eigenvalue weighted by Crippen LogP contribution is -2.25. The van der Waals surface area contributed by atoms with Gasteiger partial charge in [-0.05, 0) is 5.41 Å². The number of carbonyl (C=O) groups is 1. The number of hydrogen-bond acceptors (Lipinski definition) is 2. The minimum Gasteiger partial charge on any atom is -0.465 e. The Balaban J connectivity index is 3.70. The van der Waals surface area contributed by atoms with Crippen LogP contribution in [0.4, 0.5) is 0 Å². The summed E-state index contributed by atoms with van der Waals surface area (Å²) in [6.45, 7) is 8.35. The molecule has 0 aromatic carbocycles. The summed E-state index contributed by atoms with van der Waals surface area (Å²) in [4.78, 5) is 10.4.